The van der Waals surface area contributed by atoms with Gasteiger partial charge in [0.15, 0.2) is 0 Å². The van der Waals surface area contributed by atoms with Crippen LogP contribution in [0.4, 0.5) is 18.0 Å². The van der Waals surface area contributed by atoms with Crippen molar-refractivity contribution in [1.82, 2.24) is 10.2 Å². The molecule has 1 fully saturated rings. The number of nitrogens with one attached hydrogen (secondary N) is 1. The predicted octanol–water partition coefficient (Wildman–Crippen LogP) is 2.52. The summed E-state index contributed by atoms with van der Waals surface area (Å²) in [6.45, 7) is 5.26. The van der Waals surface area contributed by atoms with Crippen LogP contribution >= 0.6 is 0 Å². The van der Waals surface area contributed by atoms with Crippen molar-refractivity contribution in [1.29, 1.82) is 0 Å². The number of halogens is 3. The predicted molar refractivity (Wildman–Crippen MR) is 69.3 cm³/mol. The van der Waals surface area contributed by atoms with Crippen molar-refractivity contribution in [3.05, 3.63) is 0 Å². The molecule has 0 aromatic carbocycles. The first-order valence-corrected chi connectivity index (χ1v) is 6.79. The topological polar surface area (TPSA) is 52.6 Å². The highest BCUT2D eigenvalue weighted by molar-refractivity contribution is 5.75. The Morgan fingerprint density at radius 3 is 2.45 bits per heavy atom. The van der Waals surface area contributed by atoms with Gasteiger partial charge in [0.25, 0.3) is 0 Å². The maximum absolute atomic E-state index is 13.0. The van der Waals surface area contributed by atoms with Gasteiger partial charge in [-0.25, -0.2) is 4.79 Å². The molecule has 1 heterocycles. The monoisotopic (exact) mass is 296 g/mol. The average molecular weight is 296 g/mol. The Morgan fingerprint density at radius 1 is 1.40 bits per heavy atom. The van der Waals surface area contributed by atoms with Gasteiger partial charge in [0.1, 0.15) is 6.04 Å². The molecule has 0 radical (unpaired) electrons. The summed E-state index contributed by atoms with van der Waals surface area (Å²) in [5, 5.41) is 11.2. The van der Waals surface area contributed by atoms with Gasteiger partial charge >= 0.3 is 12.2 Å². The van der Waals surface area contributed by atoms with E-state index in [1.165, 1.54) is 4.90 Å². The van der Waals surface area contributed by atoms with Gasteiger partial charge in [-0.1, -0.05) is 20.8 Å². The van der Waals surface area contributed by atoms with E-state index >= 15 is 0 Å². The minimum absolute atomic E-state index is 0.181. The second-order valence-corrected chi connectivity index (χ2v) is 6.48. The largest absolute Gasteiger partial charge is 0.408 e. The molecule has 1 saturated heterocycles. The zero-order chi connectivity index (χ0) is 15.6. The van der Waals surface area contributed by atoms with Crippen molar-refractivity contribution >= 4 is 6.03 Å². The fourth-order valence-electron chi connectivity index (χ4n) is 2.39. The first-order chi connectivity index (χ1) is 9.04. The van der Waals surface area contributed by atoms with Crippen LogP contribution in [0.25, 0.3) is 0 Å². The minimum atomic E-state index is -4.47. The lowest BCUT2D eigenvalue weighted by molar-refractivity contribution is -0.159. The molecular weight excluding hydrogens is 273 g/mol. The van der Waals surface area contributed by atoms with E-state index in [2.05, 4.69) is 5.32 Å². The molecule has 0 aromatic rings. The summed E-state index contributed by atoms with van der Waals surface area (Å²) in [5.41, 5.74) is -0.547. The normalized spacial score (nSPS) is 21.9. The Labute approximate surface area is 117 Å². The molecule has 118 valence electrons. The van der Waals surface area contributed by atoms with Crippen LogP contribution in [0.5, 0.6) is 0 Å². The summed E-state index contributed by atoms with van der Waals surface area (Å²) in [6, 6.07) is -2.98. The van der Waals surface area contributed by atoms with Crippen molar-refractivity contribution in [3.8, 4) is 0 Å². The van der Waals surface area contributed by atoms with Gasteiger partial charge in [-0.15, -0.1) is 0 Å². The number of hydrogen-bond donors (Lipinski definition) is 2. The molecule has 2 N–H and O–H groups in total. The van der Waals surface area contributed by atoms with E-state index in [0.29, 0.717) is 19.4 Å². The van der Waals surface area contributed by atoms with Crippen LogP contribution in [0.2, 0.25) is 0 Å². The van der Waals surface area contributed by atoms with Gasteiger partial charge in [0.05, 0.1) is 12.6 Å². The maximum Gasteiger partial charge on any atom is 0.408 e. The number of urea groups is 1. The molecule has 0 spiro atoms. The van der Waals surface area contributed by atoms with E-state index < -0.39 is 23.7 Å². The summed E-state index contributed by atoms with van der Waals surface area (Å²) in [7, 11) is 0. The molecule has 20 heavy (non-hydrogen) atoms. The number of alkyl halides is 3. The molecule has 7 heteroatoms. The van der Waals surface area contributed by atoms with E-state index in [1.54, 1.807) is 20.8 Å². The van der Waals surface area contributed by atoms with Crippen LogP contribution in [0, 0.1) is 5.41 Å². The van der Waals surface area contributed by atoms with Crippen molar-refractivity contribution in [2.45, 2.75) is 58.3 Å². The van der Waals surface area contributed by atoms with Gasteiger partial charge in [-0.2, -0.15) is 13.2 Å². The van der Waals surface area contributed by atoms with Crippen molar-refractivity contribution in [2.75, 3.05) is 13.2 Å². The number of rotatable bonds is 3. The molecular formula is C13H23F3N2O2. The second kappa shape index (κ2) is 6.20. The third-order valence-electron chi connectivity index (χ3n) is 3.36. The van der Waals surface area contributed by atoms with Crippen molar-refractivity contribution < 1.29 is 23.1 Å². The number of nitrogens with zero attached hydrogens (tertiary/aromatic N) is 1. The van der Waals surface area contributed by atoms with Gasteiger partial charge in [0.2, 0.25) is 0 Å². The van der Waals surface area contributed by atoms with Gasteiger partial charge < -0.3 is 15.3 Å². The lowest BCUT2D eigenvalue weighted by atomic mass is 9.88. The highest BCUT2D eigenvalue weighted by atomic mass is 19.4. The van der Waals surface area contributed by atoms with Crippen molar-refractivity contribution in [3.63, 3.8) is 0 Å². The lowest BCUT2D eigenvalue weighted by Crippen LogP contribution is -2.53. The Balaban J connectivity index is 2.72. The third kappa shape index (κ3) is 4.85. The average Bonchev–Trinajstić information content (AvgIpc) is 2.72. The summed E-state index contributed by atoms with van der Waals surface area (Å²) in [4.78, 5) is 13.3. The molecule has 1 rings (SSSR count). The van der Waals surface area contributed by atoms with Crippen LogP contribution in [0.3, 0.4) is 0 Å². The van der Waals surface area contributed by atoms with E-state index in [4.69, 9.17) is 5.11 Å². The lowest BCUT2D eigenvalue weighted by Gasteiger charge is -2.31. The number of carbonyl (C=O) groups is 1. The number of hydrogen-bond acceptors (Lipinski definition) is 2. The molecule has 0 unspecified atom stereocenters. The molecule has 2 amide bonds. The summed E-state index contributed by atoms with van der Waals surface area (Å²) < 4.78 is 39.0. The quantitative estimate of drug-likeness (QED) is 0.841. The molecule has 0 aliphatic carbocycles. The fraction of sp³-hybridized carbons (Fsp3) is 0.923. The number of aliphatic hydroxyl groups is 1. The molecule has 4 nitrogen and oxygen atoms in total. The van der Waals surface area contributed by atoms with Crippen LogP contribution in [-0.2, 0) is 0 Å². The summed E-state index contributed by atoms with van der Waals surface area (Å²) in [5.74, 6) is 0. The zero-order valence-corrected chi connectivity index (χ0v) is 12.1. The number of likely N-dealkylation sites (tertiary alicyclic amines) is 1. The van der Waals surface area contributed by atoms with Crippen LogP contribution in [0.15, 0.2) is 0 Å². The first-order valence-electron chi connectivity index (χ1n) is 6.79. The first kappa shape index (κ1) is 17.1. The molecule has 2 atom stereocenters. The van der Waals surface area contributed by atoms with E-state index in [0.717, 1.165) is 0 Å². The number of carbonyl (C=O) groups excluding carboxylic acids is 1. The van der Waals surface area contributed by atoms with Crippen LogP contribution in [0.1, 0.15) is 40.0 Å². The molecule has 1 aliphatic rings. The Hall–Kier alpha value is -0.980. The van der Waals surface area contributed by atoms with Gasteiger partial charge in [-0.05, 0) is 24.7 Å². The number of amides is 2. The van der Waals surface area contributed by atoms with E-state index in [1.807, 2.05) is 0 Å². The molecule has 0 saturated carbocycles. The Kier molecular flexibility index (Phi) is 5.29. The number of aliphatic hydroxyl groups excluding tert-OH is 1. The minimum Gasteiger partial charge on any atom is -0.394 e. The van der Waals surface area contributed by atoms with Crippen LogP contribution in [-0.4, -0.2) is 47.4 Å². The maximum atomic E-state index is 13.0. The van der Waals surface area contributed by atoms with E-state index in [-0.39, 0.29) is 19.1 Å². The molecule has 0 bridgehead atoms. The SMILES string of the molecule is CC(C)(C)C[C@H](NC(=O)N1CCC[C@H]1CO)C(F)(F)F. The Morgan fingerprint density at radius 2 is 2.00 bits per heavy atom. The summed E-state index contributed by atoms with van der Waals surface area (Å²) >= 11 is 0. The Bertz CT molecular complexity index is 339. The highest BCUT2D eigenvalue weighted by Gasteiger charge is 2.43. The molecule has 1 aliphatic heterocycles. The van der Waals surface area contributed by atoms with Crippen molar-refractivity contribution in [2.24, 2.45) is 5.41 Å². The standard InChI is InChI=1S/C13H23F3N2O2/c1-12(2,3)7-10(13(14,15)16)17-11(20)18-6-4-5-9(18)8-19/h9-10,19H,4-8H2,1-3H3,(H,17,20)/t9-,10-/m0/s1. The summed E-state index contributed by atoms with van der Waals surface area (Å²) in [6.07, 6.45) is -3.33. The highest BCUT2D eigenvalue weighted by Crippen LogP contribution is 2.31. The van der Waals surface area contributed by atoms with Gasteiger partial charge in [0, 0.05) is 6.54 Å². The zero-order valence-electron chi connectivity index (χ0n) is 12.1. The fourth-order valence-corrected chi connectivity index (χ4v) is 2.39. The second-order valence-electron chi connectivity index (χ2n) is 6.48. The van der Waals surface area contributed by atoms with Crippen LogP contribution < -0.4 is 5.32 Å². The third-order valence-corrected chi connectivity index (χ3v) is 3.36. The smallest absolute Gasteiger partial charge is 0.394 e. The van der Waals surface area contributed by atoms with E-state index in [9.17, 15) is 18.0 Å². The molecule has 0 aromatic heterocycles. The van der Waals surface area contributed by atoms with Gasteiger partial charge in [-0.3, -0.25) is 0 Å².